The molecule has 3 aromatic rings. The van der Waals surface area contributed by atoms with Gasteiger partial charge >= 0.3 is 0 Å². The lowest BCUT2D eigenvalue weighted by atomic mass is 10.1. The maximum absolute atomic E-state index is 12.1. The molecule has 3 rings (SSSR count). The van der Waals surface area contributed by atoms with Crippen LogP contribution in [0.5, 0.6) is 5.75 Å². The lowest BCUT2D eigenvalue weighted by Crippen LogP contribution is -2.07. The van der Waals surface area contributed by atoms with E-state index >= 15 is 0 Å². The van der Waals surface area contributed by atoms with E-state index in [0.717, 1.165) is 11.3 Å². The summed E-state index contributed by atoms with van der Waals surface area (Å²) in [7, 11) is 0. The van der Waals surface area contributed by atoms with E-state index in [9.17, 15) is 9.59 Å². The number of benzene rings is 2. The second kappa shape index (κ2) is 6.08. The van der Waals surface area contributed by atoms with Crippen LogP contribution in [0.2, 0.25) is 0 Å². The maximum Gasteiger partial charge on any atom is 0.189 e. The number of carbonyl (C=O) groups is 1. The fraction of sp³-hybridized carbons (Fsp3) is 0.158. The summed E-state index contributed by atoms with van der Waals surface area (Å²) in [6.45, 7) is 3.65. The van der Waals surface area contributed by atoms with Crippen molar-refractivity contribution in [3.63, 3.8) is 0 Å². The number of fused-ring (bicyclic) bond motifs is 1. The average Bonchev–Trinajstić information content (AvgIpc) is 2.53. The Balaban J connectivity index is 2.05. The second-order valence-corrected chi connectivity index (χ2v) is 5.54. The first-order valence-electron chi connectivity index (χ1n) is 7.40. The number of hydrogen-bond donors (Lipinski definition) is 1. The third-order valence-electron chi connectivity index (χ3n) is 3.68. The molecule has 0 saturated carbocycles. The van der Waals surface area contributed by atoms with Gasteiger partial charge in [0.15, 0.2) is 11.2 Å². The van der Waals surface area contributed by atoms with Gasteiger partial charge in [-0.05, 0) is 31.5 Å². The molecule has 1 aromatic heterocycles. The molecule has 23 heavy (non-hydrogen) atoms. The summed E-state index contributed by atoms with van der Waals surface area (Å²) in [5, 5.41) is 0.517. The Hall–Kier alpha value is -2.88. The standard InChI is InChI=1S/C19H17NO3/c1-12-8-18(22)16-10-19(15(13(2)21)9-17(16)20-12)23-11-14-6-4-3-5-7-14/h3-10H,11H2,1-2H3,(H,20,22). The summed E-state index contributed by atoms with van der Waals surface area (Å²) in [6, 6.07) is 14.6. The zero-order chi connectivity index (χ0) is 16.4. The number of nitrogens with one attached hydrogen (secondary N) is 1. The lowest BCUT2D eigenvalue weighted by molar-refractivity contribution is 0.101. The van der Waals surface area contributed by atoms with Crippen LogP contribution < -0.4 is 10.2 Å². The first-order chi connectivity index (χ1) is 11.0. The summed E-state index contributed by atoms with van der Waals surface area (Å²) in [4.78, 5) is 27.2. The van der Waals surface area contributed by atoms with E-state index in [1.165, 1.54) is 13.0 Å². The van der Waals surface area contributed by atoms with Crippen molar-refractivity contribution in [2.75, 3.05) is 0 Å². The molecular weight excluding hydrogens is 290 g/mol. The van der Waals surface area contributed by atoms with Gasteiger partial charge in [0.2, 0.25) is 0 Å². The highest BCUT2D eigenvalue weighted by Gasteiger charge is 2.13. The average molecular weight is 307 g/mol. The van der Waals surface area contributed by atoms with E-state index in [4.69, 9.17) is 4.74 Å². The topological polar surface area (TPSA) is 59.2 Å². The number of aromatic amines is 1. The minimum absolute atomic E-state index is 0.0871. The van der Waals surface area contributed by atoms with E-state index < -0.39 is 0 Å². The molecule has 0 spiro atoms. The fourth-order valence-electron chi connectivity index (χ4n) is 2.54. The largest absolute Gasteiger partial charge is 0.488 e. The van der Waals surface area contributed by atoms with Gasteiger partial charge in [0.05, 0.1) is 11.1 Å². The van der Waals surface area contributed by atoms with Gasteiger partial charge < -0.3 is 9.72 Å². The molecule has 0 aliphatic carbocycles. The molecule has 0 bridgehead atoms. The number of Topliss-reactive ketones (excluding diaryl/α,β-unsaturated/α-hetero) is 1. The number of carbonyl (C=O) groups excluding carboxylic acids is 1. The minimum atomic E-state index is -0.0997. The van der Waals surface area contributed by atoms with E-state index in [-0.39, 0.29) is 11.2 Å². The lowest BCUT2D eigenvalue weighted by Gasteiger charge is -2.12. The molecule has 0 saturated heterocycles. The van der Waals surface area contributed by atoms with Crippen molar-refractivity contribution in [2.45, 2.75) is 20.5 Å². The molecule has 4 nitrogen and oxygen atoms in total. The van der Waals surface area contributed by atoms with E-state index in [1.54, 1.807) is 12.1 Å². The van der Waals surface area contributed by atoms with Crippen molar-refractivity contribution >= 4 is 16.7 Å². The van der Waals surface area contributed by atoms with Crippen molar-refractivity contribution < 1.29 is 9.53 Å². The number of aryl methyl sites for hydroxylation is 1. The molecular formula is C19H17NO3. The van der Waals surface area contributed by atoms with E-state index in [2.05, 4.69) is 4.98 Å². The van der Waals surface area contributed by atoms with E-state index in [0.29, 0.717) is 28.8 Å². The minimum Gasteiger partial charge on any atom is -0.488 e. The fourth-order valence-corrected chi connectivity index (χ4v) is 2.54. The Morgan fingerprint density at radius 2 is 1.87 bits per heavy atom. The summed E-state index contributed by atoms with van der Waals surface area (Å²) >= 11 is 0. The van der Waals surface area contributed by atoms with Crippen molar-refractivity contribution in [1.82, 2.24) is 4.98 Å². The number of H-pyrrole nitrogens is 1. The predicted molar refractivity (Wildman–Crippen MR) is 90.1 cm³/mol. The normalized spacial score (nSPS) is 10.7. The van der Waals surface area contributed by atoms with Crippen LogP contribution in [0, 0.1) is 6.92 Å². The SMILES string of the molecule is CC(=O)c1cc2[nH]c(C)cc(=O)c2cc1OCc1ccccc1. The van der Waals surface area contributed by atoms with Gasteiger partial charge in [-0.2, -0.15) is 0 Å². The molecule has 0 radical (unpaired) electrons. The monoisotopic (exact) mass is 307 g/mol. The quantitative estimate of drug-likeness (QED) is 0.749. The van der Waals surface area contributed by atoms with Gasteiger partial charge in [-0.15, -0.1) is 0 Å². The highest BCUT2D eigenvalue weighted by atomic mass is 16.5. The van der Waals surface area contributed by atoms with Crippen molar-refractivity contribution in [3.8, 4) is 5.75 Å². The number of pyridine rings is 1. The number of aromatic nitrogens is 1. The van der Waals surface area contributed by atoms with Crippen molar-refractivity contribution in [1.29, 1.82) is 0 Å². The predicted octanol–water partition coefficient (Wildman–Crippen LogP) is 3.62. The van der Waals surface area contributed by atoms with Gasteiger partial charge in [0, 0.05) is 17.1 Å². The maximum atomic E-state index is 12.1. The third-order valence-corrected chi connectivity index (χ3v) is 3.68. The first kappa shape index (κ1) is 15.0. The molecule has 1 heterocycles. The summed E-state index contributed by atoms with van der Waals surface area (Å²) in [5.74, 6) is 0.334. The smallest absolute Gasteiger partial charge is 0.189 e. The van der Waals surface area contributed by atoms with Crippen LogP contribution >= 0.6 is 0 Å². The van der Waals surface area contributed by atoms with Crippen LogP contribution in [-0.4, -0.2) is 10.8 Å². The number of rotatable bonds is 4. The van der Waals surface area contributed by atoms with Gasteiger partial charge in [-0.3, -0.25) is 9.59 Å². The Labute approximate surface area is 133 Å². The highest BCUT2D eigenvalue weighted by molar-refractivity contribution is 6.00. The van der Waals surface area contributed by atoms with Crippen LogP contribution in [0.15, 0.2) is 53.3 Å². The van der Waals surface area contributed by atoms with Gasteiger partial charge in [-0.1, -0.05) is 30.3 Å². The zero-order valence-corrected chi connectivity index (χ0v) is 13.1. The Bertz CT molecular complexity index is 926. The summed E-state index contributed by atoms with van der Waals surface area (Å²) < 4.78 is 5.80. The van der Waals surface area contributed by atoms with Crippen LogP contribution in [0.4, 0.5) is 0 Å². The van der Waals surface area contributed by atoms with Gasteiger partial charge in [-0.25, -0.2) is 0 Å². The molecule has 0 atom stereocenters. The molecule has 0 aliphatic heterocycles. The number of ketones is 1. The number of ether oxygens (including phenoxy) is 1. The molecule has 0 amide bonds. The number of hydrogen-bond acceptors (Lipinski definition) is 3. The van der Waals surface area contributed by atoms with Crippen LogP contribution in [0.25, 0.3) is 10.9 Å². The van der Waals surface area contributed by atoms with Gasteiger partial charge in [0.25, 0.3) is 0 Å². The Kier molecular flexibility index (Phi) is 3.98. The second-order valence-electron chi connectivity index (χ2n) is 5.54. The first-order valence-corrected chi connectivity index (χ1v) is 7.40. The van der Waals surface area contributed by atoms with E-state index in [1.807, 2.05) is 37.3 Å². The molecule has 116 valence electrons. The highest BCUT2D eigenvalue weighted by Crippen LogP contribution is 2.25. The molecule has 0 aliphatic rings. The van der Waals surface area contributed by atoms with Crippen LogP contribution in [0.3, 0.4) is 0 Å². The molecule has 4 heteroatoms. The third kappa shape index (κ3) is 3.16. The Morgan fingerprint density at radius 1 is 1.13 bits per heavy atom. The molecule has 0 fully saturated rings. The summed E-state index contributed by atoms with van der Waals surface area (Å²) in [5.41, 5.74) is 2.78. The van der Waals surface area contributed by atoms with Crippen LogP contribution in [0.1, 0.15) is 28.5 Å². The Morgan fingerprint density at radius 3 is 2.57 bits per heavy atom. The zero-order valence-electron chi connectivity index (χ0n) is 13.1. The van der Waals surface area contributed by atoms with Crippen LogP contribution in [-0.2, 0) is 6.61 Å². The van der Waals surface area contributed by atoms with Crippen molar-refractivity contribution in [3.05, 3.63) is 75.6 Å². The van der Waals surface area contributed by atoms with Crippen molar-refractivity contribution in [2.24, 2.45) is 0 Å². The van der Waals surface area contributed by atoms with Gasteiger partial charge in [0.1, 0.15) is 12.4 Å². The molecule has 0 unspecified atom stereocenters. The molecule has 1 N–H and O–H groups in total. The molecule has 2 aromatic carbocycles. The summed E-state index contributed by atoms with van der Waals surface area (Å²) in [6.07, 6.45) is 0.